The molecular weight excluding hydrogens is 306 g/mol. The number of likely N-dealkylation sites (N-methyl/N-ethyl adjacent to an activating group) is 1. The minimum absolute atomic E-state index is 0.0350. The molecule has 0 aliphatic carbocycles. The van der Waals surface area contributed by atoms with E-state index in [4.69, 9.17) is 4.74 Å². The summed E-state index contributed by atoms with van der Waals surface area (Å²) in [6.07, 6.45) is 0. The number of aryl methyl sites for hydroxylation is 1. The summed E-state index contributed by atoms with van der Waals surface area (Å²) in [4.78, 5) is 2.05. The fourth-order valence-electron chi connectivity index (χ4n) is 2.58. The average molecular weight is 331 g/mol. The Hall–Kier alpha value is -1.03. The normalized spacial score (nSPS) is 19.6. The van der Waals surface area contributed by atoms with Crippen LogP contribution in [0.15, 0.2) is 0 Å². The lowest BCUT2D eigenvalue weighted by molar-refractivity contribution is 0.0952. The van der Waals surface area contributed by atoms with Gasteiger partial charge < -0.3 is 9.64 Å². The Balaban J connectivity index is 2.11. The molecule has 1 atom stereocenters. The van der Waals surface area contributed by atoms with Gasteiger partial charge in [-0.15, -0.1) is 5.10 Å². The van der Waals surface area contributed by atoms with Crippen molar-refractivity contribution in [3.8, 4) is 0 Å². The zero-order chi connectivity index (χ0) is 16.3. The number of aromatic nitrogens is 3. The Bertz CT molecular complexity index is 599. The fourth-order valence-corrected chi connectivity index (χ4v) is 3.67. The number of fused-ring (bicyclic) bond motifs is 1. The van der Waals surface area contributed by atoms with Crippen LogP contribution >= 0.6 is 0 Å². The van der Waals surface area contributed by atoms with Gasteiger partial charge in [0.15, 0.2) is 0 Å². The quantitative estimate of drug-likeness (QED) is 0.635. The molecule has 9 heteroatoms. The van der Waals surface area contributed by atoms with Crippen LogP contribution in [0.3, 0.4) is 0 Å². The van der Waals surface area contributed by atoms with Crippen LogP contribution in [0.5, 0.6) is 0 Å². The monoisotopic (exact) mass is 331 g/mol. The SMILES string of the molecule is CCS(=O)(=O)N1Cc2nnn(C)c2[C@H](COCCN(C)C)C1. The van der Waals surface area contributed by atoms with Crippen molar-refractivity contribution >= 4 is 10.0 Å². The number of ether oxygens (including phenoxy) is 1. The molecule has 0 saturated carbocycles. The van der Waals surface area contributed by atoms with Crippen LogP contribution in [0, 0.1) is 0 Å². The molecule has 0 bridgehead atoms. The van der Waals surface area contributed by atoms with Crippen LogP contribution < -0.4 is 0 Å². The van der Waals surface area contributed by atoms with E-state index in [0.29, 0.717) is 26.3 Å². The molecular formula is C13H25N5O3S. The molecule has 0 fully saturated rings. The first-order chi connectivity index (χ1) is 10.3. The molecule has 0 radical (unpaired) electrons. The van der Waals surface area contributed by atoms with Gasteiger partial charge in [0.1, 0.15) is 5.69 Å². The summed E-state index contributed by atoms with van der Waals surface area (Å²) in [7, 11) is 2.57. The molecule has 0 amide bonds. The first-order valence-electron chi connectivity index (χ1n) is 7.44. The van der Waals surface area contributed by atoms with Crippen molar-refractivity contribution in [2.45, 2.75) is 19.4 Å². The summed E-state index contributed by atoms with van der Waals surface area (Å²) in [6.45, 7) is 4.30. The van der Waals surface area contributed by atoms with Gasteiger partial charge in [0.2, 0.25) is 10.0 Å². The highest BCUT2D eigenvalue weighted by Crippen LogP contribution is 2.28. The molecule has 126 valence electrons. The van der Waals surface area contributed by atoms with E-state index >= 15 is 0 Å². The number of rotatable bonds is 7. The minimum atomic E-state index is -3.24. The Labute approximate surface area is 132 Å². The third-order valence-electron chi connectivity index (χ3n) is 3.84. The van der Waals surface area contributed by atoms with Crippen LogP contribution in [0.1, 0.15) is 24.2 Å². The molecule has 1 aliphatic rings. The first kappa shape index (κ1) is 17.3. The summed E-state index contributed by atoms with van der Waals surface area (Å²) in [5.41, 5.74) is 1.71. The Morgan fingerprint density at radius 1 is 1.41 bits per heavy atom. The molecule has 0 unspecified atom stereocenters. The second-order valence-electron chi connectivity index (χ2n) is 5.81. The highest BCUT2D eigenvalue weighted by molar-refractivity contribution is 7.89. The molecule has 22 heavy (non-hydrogen) atoms. The van der Waals surface area contributed by atoms with Gasteiger partial charge >= 0.3 is 0 Å². The summed E-state index contributed by atoms with van der Waals surface area (Å²) in [5, 5.41) is 8.13. The summed E-state index contributed by atoms with van der Waals surface area (Å²) < 4.78 is 33.3. The van der Waals surface area contributed by atoms with Crippen molar-refractivity contribution in [3.05, 3.63) is 11.4 Å². The highest BCUT2D eigenvalue weighted by atomic mass is 32.2. The third-order valence-corrected chi connectivity index (χ3v) is 5.64. The maximum absolute atomic E-state index is 12.2. The van der Waals surface area contributed by atoms with Gasteiger partial charge in [-0.1, -0.05) is 5.21 Å². The van der Waals surface area contributed by atoms with E-state index < -0.39 is 10.0 Å². The van der Waals surface area contributed by atoms with Crippen molar-refractivity contribution in [2.24, 2.45) is 7.05 Å². The average Bonchev–Trinajstić information content (AvgIpc) is 2.85. The van der Waals surface area contributed by atoms with Gasteiger partial charge in [-0.3, -0.25) is 4.68 Å². The molecule has 2 heterocycles. The highest BCUT2D eigenvalue weighted by Gasteiger charge is 2.34. The van der Waals surface area contributed by atoms with Gasteiger partial charge in [-0.25, -0.2) is 8.42 Å². The maximum Gasteiger partial charge on any atom is 0.214 e. The summed E-state index contributed by atoms with van der Waals surface area (Å²) >= 11 is 0. The van der Waals surface area contributed by atoms with E-state index in [1.807, 2.05) is 26.0 Å². The minimum Gasteiger partial charge on any atom is -0.379 e. The second-order valence-corrected chi connectivity index (χ2v) is 8.07. The maximum atomic E-state index is 12.2. The molecule has 1 aliphatic heterocycles. The van der Waals surface area contributed by atoms with Crippen molar-refractivity contribution in [2.75, 3.05) is 46.2 Å². The lowest BCUT2D eigenvalue weighted by Gasteiger charge is -2.31. The zero-order valence-corrected chi connectivity index (χ0v) is 14.5. The van der Waals surface area contributed by atoms with E-state index in [1.54, 1.807) is 11.6 Å². The van der Waals surface area contributed by atoms with E-state index in [2.05, 4.69) is 10.3 Å². The fraction of sp³-hybridized carbons (Fsp3) is 0.846. The summed E-state index contributed by atoms with van der Waals surface area (Å²) in [6, 6.07) is 0. The number of hydrogen-bond donors (Lipinski definition) is 0. The van der Waals surface area contributed by atoms with E-state index in [-0.39, 0.29) is 11.7 Å². The number of nitrogens with zero attached hydrogens (tertiary/aromatic N) is 5. The van der Waals surface area contributed by atoms with Crippen LogP contribution in [0.2, 0.25) is 0 Å². The molecule has 0 saturated heterocycles. The van der Waals surface area contributed by atoms with Crippen LogP contribution in [-0.4, -0.2) is 78.8 Å². The lowest BCUT2D eigenvalue weighted by Crippen LogP contribution is -2.41. The Morgan fingerprint density at radius 3 is 2.77 bits per heavy atom. The Morgan fingerprint density at radius 2 is 2.14 bits per heavy atom. The zero-order valence-electron chi connectivity index (χ0n) is 13.7. The van der Waals surface area contributed by atoms with Gasteiger partial charge in [0.05, 0.1) is 31.2 Å². The molecule has 1 aromatic heterocycles. The van der Waals surface area contributed by atoms with Gasteiger partial charge in [0, 0.05) is 26.1 Å². The molecule has 1 aromatic rings. The van der Waals surface area contributed by atoms with Crippen molar-refractivity contribution < 1.29 is 13.2 Å². The van der Waals surface area contributed by atoms with Gasteiger partial charge in [-0.2, -0.15) is 4.31 Å². The first-order valence-corrected chi connectivity index (χ1v) is 9.04. The lowest BCUT2D eigenvalue weighted by atomic mass is 10.0. The van der Waals surface area contributed by atoms with E-state index in [1.165, 1.54) is 4.31 Å². The van der Waals surface area contributed by atoms with Crippen molar-refractivity contribution in [3.63, 3.8) is 0 Å². The van der Waals surface area contributed by atoms with Gasteiger partial charge in [0.25, 0.3) is 0 Å². The topological polar surface area (TPSA) is 80.6 Å². The largest absolute Gasteiger partial charge is 0.379 e. The smallest absolute Gasteiger partial charge is 0.214 e. The van der Waals surface area contributed by atoms with Gasteiger partial charge in [-0.05, 0) is 21.0 Å². The van der Waals surface area contributed by atoms with E-state index in [0.717, 1.165) is 17.9 Å². The summed E-state index contributed by atoms with van der Waals surface area (Å²) in [5.74, 6) is 0.0591. The van der Waals surface area contributed by atoms with E-state index in [9.17, 15) is 8.42 Å². The van der Waals surface area contributed by atoms with Crippen molar-refractivity contribution in [1.29, 1.82) is 0 Å². The standard InChI is InChI=1S/C13H25N5O3S/c1-5-22(19,20)18-8-11(10-21-7-6-16(2)3)13-12(9-18)14-15-17(13)4/h11H,5-10H2,1-4H3/t11-/m0/s1. The molecule has 8 nitrogen and oxygen atoms in total. The second kappa shape index (κ2) is 7.03. The van der Waals surface area contributed by atoms with Crippen LogP contribution in [-0.2, 0) is 28.4 Å². The third kappa shape index (κ3) is 3.83. The van der Waals surface area contributed by atoms with Crippen molar-refractivity contribution in [1.82, 2.24) is 24.2 Å². The number of hydrogen-bond acceptors (Lipinski definition) is 6. The Kier molecular flexibility index (Phi) is 5.54. The van der Waals surface area contributed by atoms with Crippen LogP contribution in [0.4, 0.5) is 0 Å². The predicted molar refractivity (Wildman–Crippen MR) is 83.0 cm³/mol. The number of sulfonamides is 1. The molecule has 0 aromatic carbocycles. The molecule has 2 rings (SSSR count). The molecule has 0 N–H and O–H groups in total. The molecule has 0 spiro atoms. The predicted octanol–water partition coefficient (Wildman–Crippen LogP) is -0.358. The van der Waals surface area contributed by atoms with Crippen LogP contribution in [0.25, 0.3) is 0 Å².